The second kappa shape index (κ2) is 7.94. The summed E-state index contributed by atoms with van der Waals surface area (Å²) in [6, 6.07) is 20.7. The van der Waals surface area contributed by atoms with Crippen LogP contribution >= 0.6 is 11.6 Å². The van der Waals surface area contributed by atoms with Gasteiger partial charge in [0.2, 0.25) is 0 Å². The molecule has 1 saturated heterocycles. The van der Waals surface area contributed by atoms with E-state index in [9.17, 15) is 4.79 Å². The van der Waals surface area contributed by atoms with Gasteiger partial charge in [0.05, 0.1) is 30.5 Å². The SMILES string of the molecule is O=C(c1cc(-c2ccco2)nc2ccccc12)N1CCOC(c2ccc(Cl)cc2)C1. The number of furan rings is 1. The first-order chi connectivity index (χ1) is 14.7. The van der Waals surface area contributed by atoms with Gasteiger partial charge in [0.1, 0.15) is 11.8 Å². The zero-order valence-electron chi connectivity index (χ0n) is 16.1. The highest BCUT2D eigenvalue weighted by atomic mass is 35.5. The third kappa shape index (κ3) is 3.58. The maximum Gasteiger partial charge on any atom is 0.254 e. The van der Waals surface area contributed by atoms with Crippen molar-refractivity contribution in [3.63, 3.8) is 0 Å². The molecule has 0 bridgehead atoms. The number of hydrogen-bond donors (Lipinski definition) is 0. The van der Waals surface area contributed by atoms with Crippen LogP contribution in [0.3, 0.4) is 0 Å². The molecule has 1 atom stereocenters. The molecule has 3 heterocycles. The van der Waals surface area contributed by atoms with Gasteiger partial charge in [-0.1, -0.05) is 41.9 Å². The number of amides is 1. The zero-order chi connectivity index (χ0) is 20.5. The Hall–Kier alpha value is -3.15. The molecule has 0 spiro atoms. The lowest BCUT2D eigenvalue weighted by Crippen LogP contribution is -2.42. The summed E-state index contributed by atoms with van der Waals surface area (Å²) in [6.07, 6.45) is 1.42. The molecule has 150 valence electrons. The van der Waals surface area contributed by atoms with Crippen molar-refractivity contribution in [2.75, 3.05) is 19.7 Å². The molecule has 4 aromatic rings. The van der Waals surface area contributed by atoms with Crippen molar-refractivity contribution in [2.24, 2.45) is 0 Å². The van der Waals surface area contributed by atoms with Crippen LogP contribution in [-0.4, -0.2) is 35.5 Å². The Labute approximate surface area is 178 Å². The lowest BCUT2D eigenvalue weighted by molar-refractivity contribution is -0.0227. The van der Waals surface area contributed by atoms with Crippen molar-refractivity contribution in [2.45, 2.75) is 6.10 Å². The Kier molecular flexibility index (Phi) is 4.99. The third-order valence-corrected chi connectivity index (χ3v) is 5.57. The fourth-order valence-electron chi connectivity index (χ4n) is 3.79. The summed E-state index contributed by atoms with van der Waals surface area (Å²) in [5.41, 5.74) is 3.03. The van der Waals surface area contributed by atoms with Crippen molar-refractivity contribution >= 4 is 28.4 Å². The molecule has 6 heteroatoms. The van der Waals surface area contributed by atoms with Crippen LogP contribution in [-0.2, 0) is 4.74 Å². The number of ether oxygens (including phenoxy) is 1. The largest absolute Gasteiger partial charge is 0.463 e. The van der Waals surface area contributed by atoms with Crippen LogP contribution in [0.1, 0.15) is 22.0 Å². The maximum atomic E-state index is 13.6. The number of carbonyl (C=O) groups excluding carboxylic acids is 1. The molecule has 1 amide bonds. The summed E-state index contributed by atoms with van der Waals surface area (Å²) < 4.78 is 11.4. The molecule has 0 N–H and O–H groups in total. The third-order valence-electron chi connectivity index (χ3n) is 5.32. The first kappa shape index (κ1) is 18.9. The summed E-state index contributed by atoms with van der Waals surface area (Å²) in [5.74, 6) is 0.597. The standard InChI is InChI=1S/C24H19ClN2O3/c25-17-9-7-16(8-10-17)23-15-27(11-13-30-23)24(28)19-14-21(22-6-3-12-29-22)26-20-5-2-1-4-18(19)20/h1-10,12,14,23H,11,13,15H2. The molecule has 5 nitrogen and oxygen atoms in total. The van der Waals surface area contributed by atoms with E-state index in [-0.39, 0.29) is 12.0 Å². The molecular weight excluding hydrogens is 400 g/mol. The van der Waals surface area contributed by atoms with Crippen molar-refractivity contribution in [1.29, 1.82) is 0 Å². The number of nitrogens with zero attached hydrogens (tertiary/aromatic N) is 2. The molecule has 0 aliphatic carbocycles. The smallest absolute Gasteiger partial charge is 0.254 e. The predicted octanol–water partition coefficient (Wildman–Crippen LogP) is 5.36. The van der Waals surface area contributed by atoms with Gasteiger partial charge in [0.25, 0.3) is 5.91 Å². The molecule has 0 saturated carbocycles. The highest BCUT2D eigenvalue weighted by Gasteiger charge is 2.27. The molecule has 30 heavy (non-hydrogen) atoms. The predicted molar refractivity (Wildman–Crippen MR) is 115 cm³/mol. The second-order valence-corrected chi connectivity index (χ2v) is 7.65. The number of halogens is 1. The van der Waals surface area contributed by atoms with Gasteiger partial charge in [0.15, 0.2) is 5.76 Å². The van der Waals surface area contributed by atoms with Crippen molar-refractivity contribution < 1.29 is 13.9 Å². The van der Waals surface area contributed by atoms with Crippen molar-refractivity contribution in [3.8, 4) is 11.5 Å². The number of para-hydroxylation sites is 1. The Morgan fingerprint density at radius 1 is 1.07 bits per heavy atom. The van der Waals surface area contributed by atoms with Crippen LogP contribution in [0.15, 0.2) is 77.4 Å². The number of benzene rings is 2. The van der Waals surface area contributed by atoms with Crippen LogP contribution < -0.4 is 0 Å². The van der Waals surface area contributed by atoms with E-state index >= 15 is 0 Å². The lowest BCUT2D eigenvalue weighted by Gasteiger charge is -2.33. The van der Waals surface area contributed by atoms with Crippen LogP contribution in [0.5, 0.6) is 0 Å². The number of aromatic nitrogens is 1. The molecule has 1 aliphatic heterocycles. The van der Waals surface area contributed by atoms with Gasteiger partial charge in [-0.05, 0) is 42.0 Å². The summed E-state index contributed by atoms with van der Waals surface area (Å²) in [4.78, 5) is 20.1. The highest BCUT2D eigenvalue weighted by molar-refractivity contribution is 6.30. The summed E-state index contributed by atoms with van der Waals surface area (Å²) in [6.45, 7) is 1.50. The van der Waals surface area contributed by atoms with Gasteiger partial charge >= 0.3 is 0 Å². The lowest BCUT2D eigenvalue weighted by atomic mass is 10.0. The quantitative estimate of drug-likeness (QED) is 0.449. The second-order valence-electron chi connectivity index (χ2n) is 7.21. The molecular formula is C24H19ClN2O3. The fourth-order valence-corrected chi connectivity index (χ4v) is 3.91. The minimum absolute atomic E-state index is 0.0383. The number of pyridine rings is 1. The minimum Gasteiger partial charge on any atom is -0.463 e. The van der Waals surface area contributed by atoms with Crippen LogP contribution in [0.4, 0.5) is 0 Å². The molecule has 2 aromatic carbocycles. The molecule has 1 aliphatic rings. The summed E-state index contributed by atoms with van der Waals surface area (Å²) >= 11 is 6.00. The first-order valence-electron chi connectivity index (χ1n) is 9.79. The number of hydrogen-bond acceptors (Lipinski definition) is 4. The molecule has 1 fully saturated rings. The zero-order valence-corrected chi connectivity index (χ0v) is 16.9. The first-order valence-corrected chi connectivity index (χ1v) is 10.2. The molecule has 0 radical (unpaired) electrons. The van der Waals surface area contributed by atoms with E-state index in [0.29, 0.717) is 41.7 Å². The van der Waals surface area contributed by atoms with E-state index in [1.807, 2.05) is 71.6 Å². The Morgan fingerprint density at radius 3 is 2.70 bits per heavy atom. The number of carbonyl (C=O) groups is 1. The Balaban J connectivity index is 1.50. The van der Waals surface area contributed by atoms with Crippen LogP contribution in [0.2, 0.25) is 5.02 Å². The van der Waals surface area contributed by atoms with Gasteiger partial charge in [-0.2, -0.15) is 0 Å². The molecule has 2 aromatic heterocycles. The van der Waals surface area contributed by atoms with Crippen molar-refractivity contribution in [3.05, 3.63) is 89.1 Å². The van der Waals surface area contributed by atoms with E-state index < -0.39 is 0 Å². The number of fused-ring (bicyclic) bond motifs is 1. The monoisotopic (exact) mass is 418 g/mol. The number of morpholine rings is 1. The summed E-state index contributed by atoms with van der Waals surface area (Å²) in [5, 5.41) is 1.50. The summed E-state index contributed by atoms with van der Waals surface area (Å²) in [7, 11) is 0. The molecule has 1 unspecified atom stereocenters. The van der Waals surface area contributed by atoms with Crippen LogP contribution in [0, 0.1) is 0 Å². The van der Waals surface area contributed by atoms with Gasteiger partial charge in [-0.15, -0.1) is 0 Å². The average Bonchev–Trinajstić information content (AvgIpc) is 3.33. The van der Waals surface area contributed by atoms with E-state index in [1.165, 1.54) is 0 Å². The van der Waals surface area contributed by atoms with E-state index in [2.05, 4.69) is 4.98 Å². The van der Waals surface area contributed by atoms with Gasteiger partial charge < -0.3 is 14.1 Å². The highest BCUT2D eigenvalue weighted by Crippen LogP contribution is 2.29. The van der Waals surface area contributed by atoms with Gasteiger partial charge in [-0.3, -0.25) is 4.79 Å². The van der Waals surface area contributed by atoms with Gasteiger partial charge in [-0.25, -0.2) is 4.98 Å². The topological polar surface area (TPSA) is 55.6 Å². The van der Waals surface area contributed by atoms with Crippen LogP contribution in [0.25, 0.3) is 22.4 Å². The van der Waals surface area contributed by atoms with Crippen molar-refractivity contribution in [1.82, 2.24) is 9.88 Å². The fraction of sp³-hybridized carbons (Fsp3) is 0.167. The maximum absolute atomic E-state index is 13.6. The Bertz CT molecular complexity index is 1190. The van der Waals surface area contributed by atoms with E-state index in [1.54, 1.807) is 6.26 Å². The molecule has 5 rings (SSSR count). The Morgan fingerprint density at radius 2 is 1.90 bits per heavy atom. The van der Waals surface area contributed by atoms with Gasteiger partial charge in [0, 0.05) is 17.0 Å². The number of rotatable bonds is 3. The van der Waals surface area contributed by atoms with E-state index in [4.69, 9.17) is 20.8 Å². The van der Waals surface area contributed by atoms with E-state index in [0.717, 1.165) is 16.5 Å². The average molecular weight is 419 g/mol. The minimum atomic E-state index is -0.183. The normalized spacial score (nSPS) is 16.7.